The van der Waals surface area contributed by atoms with Crippen molar-refractivity contribution < 1.29 is 4.79 Å². The number of hydrogen-bond acceptors (Lipinski definition) is 6. The van der Waals surface area contributed by atoms with Crippen LogP contribution in [0.5, 0.6) is 0 Å². The number of hydrogen-bond donors (Lipinski definition) is 1. The molecule has 0 saturated carbocycles. The van der Waals surface area contributed by atoms with Crippen LogP contribution >= 0.6 is 0 Å². The molecule has 8 nitrogen and oxygen atoms in total. The zero-order chi connectivity index (χ0) is 32.2. The van der Waals surface area contributed by atoms with Crippen LogP contribution in [-0.2, 0) is 13.0 Å². The van der Waals surface area contributed by atoms with E-state index in [1.54, 1.807) is 6.20 Å². The second-order valence-electron chi connectivity index (χ2n) is 12.8. The second-order valence-corrected chi connectivity index (χ2v) is 12.8. The minimum Gasteiger partial charge on any atom is -0.350 e. The Morgan fingerprint density at radius 3 is 2.65 bits per heavy atom. The summed E-state index contributed by atoms with van der Waals surface area (Å²) in [7, 11) is 2.20. The fourth-order valence-corrected chi connectivity index (χ4v) is 5.93. The van der Waals surface area contributed by atoms with Gasteiger partial charge in [-0.3, -0.25) is 18.8 Å². The summed E-state index contributed by atoms with van der Waals surface area (Å²) in [6, 6.07) is 16.6. The number of ketones is 1. The molecule has 3 aromatic heterocycles. The van der Waals surface area contributed by atoms with Gasteiger partial charge in [-0.1, -0.05) is 36.3 Å². The highest BCUT2D eigenvalue weighted by Gasteiger charge is 2.15. The van der Waals surface area contributed by atoms with Crippen LogP contribution < -0.4 is 5.32 Å². The molecule has 6 rings (SSSR count). The number of pyridine rings is 1. The largest absolute Gasteiger partial charge is 0.350 e. The number of nitrogens with one attached hydrogen (secondary N) is 1. The van der Waals surface area contributed by atoms with Crippen molar-refractivity contribution in [1.82, 2.24) is 29.0 Å². The van der Waals surface area contributed by atoms with E-state index < -0.39 is 0 Å². The maximum Gasteiger partial charge on any atom is 0.167 e. The molecular weight excluding hydrogens is 570 g/mol. The molecule has 0 radical (unpaired) electrons. The van der Waals surface area contributed by atoms with Gasteiger partial charge in [0, 0.05) is 55.6 Å². The molecule has 0 aliphatic carbocycles. The minimum absolute atomic E-state index is 0.0945. The SMILES string of the molecule is Cc1ccc(C(=O)Cc2ccc(CN3CCCN(C)CC3)c(C)c2)cc1C#Cc1cnc2c(Nc3cnn(C(C)C)c3)cccn12. The number of benzene rings is 2. The van der Waals surface area contributed by atoms with Crippen molar-refractivity contribution in [3.8, 4) is 11.8 Å². The predicted octanol–water partition coefficient (Wildman–Crippen LogP) is 6.43. The van der Waals surface area contributed by atoms with E-state index in [2.05, 4.69) is 83.1 Å². The number of carbonyl (C=O) groups is 1. The summed E-state index contributed by atoms with van der Waals surface area (Å²) >= 11 is 0. The number of carbonyl (C=O) groups excluding carboxylic acids is 1. The lowest BCUT2D eigenvalue weighted by molar-refractivity contribution is 0.0993. The molecule has 5 aromatic rings. The Labute approximate surface area is 272 Å². The van der Waals surface area contributed by atoms with Crippen molar-refractivity contribution in [2.45, 2.75) is 53.1 Å². The number of aryl methyl sites for hydroxylation is 2. The molecule has 2 aromatic carbocycles. The Kier molecular flexibility index (Phi) is 9.34. The second kappa shape index (κ2) is 13.7. The molecule has 0 bridgehead atoms. The third kappa shape index (κ3) is 7.23. The average molecular weight is 614 g/mol. The van der Waals surface area contributed by atoms with Gasteiger partial charge in [0.05, 0.1) is 23.8 Å². The number of Topliss-reactive ketones (excluding diaryl/α,β-unsaturated/α-hetero) is 1. The number of rotatable bonds is 8. The summed E-state index contributed by atoms with van der Waals surface area (Å²) in [5.41, 5.74) is 9.51. The van der Waals surface area contributed by atoms with Crippen molar-refractivity contribution in [3.63, 3.8) is 0 Å². The van der Waals surface area contributed by atoms with Gasteiger partial charge in [-0.15, -0.1) is 0 Å². The molecule has 1 saturated heterocycles. The standard InChI is InChI=1S/C38H43N7O/c1-27(2)45-26-34(23-40-45)41-36-8-6-17-44-35(24-39-38(36)44)14-13-31-22-32(11-9-28(31)3)37(46)21-30-10-12-33(29(4)20-30)25-43-16-7-15-42(5)18-19-43/h6,8-12,17,20,22-24,26-27,41H,7,15-16,18-19,21,25H2,1-5H3. The van der Waals surface area contributed by atoms with E-state index in [-0.39, 0.29) is 11.8 Å². The van der Waals surface area contributed by atoms with E-state index in [9.17, 15) is 4.79 Å². The van der Waals surface area contributed by atoms with Crippen LogP contribution in [0.4, 0.5) is 11.4 Å². The lowest BCUT2D eigenvalue weighted by atomic mass is 9.96. The number of fused-ring (bicyclic) bond motifs is 1. The van der Waals surface area contributed by atoms with Crippen LogP contribution in [0.25, 0.3) is 5.65 Å². The summed E-state index contributed by atoms with van der Waals surface area (Å²) < 4.78 is 3.89. The first kappa shape index (κ1) is 31.3. The molecule has 46 heavy (non-hydrogen) atoms. The highest BCUT2D eigenvalue weighted by molar-refractivity contribution is 5.98. The number of anilines is 2. The first-order valence-electron chi connectivity index (χ1n) is 16.2. The summed E-state index contributed by atoms with van der Waals surface area (Å²) in [5.74, 6) is 6.70. The quantitative estimate of drug-likeness (QED) is 0.161. The van der Waals surface area contributed by atoms with Gasteiger partial charge in [0.2, 0.25) is 0 Å². The zero-order valence-corrected chi connectivity index (χ0v) is 27.5. The van der Waals surface area contributed by atoms with E-state index in [1.165, 1.54) is 17.5 Å². The number of aromatic nitrogens is 4. The Balaban J connectivity index is 1.15. The number of imidazole rings is 1. The maximum atomic E-state index is 13.4. The molecule has 8 heteroatoms. The minimum atomic E-state index is 0.0945. The van der Waals surface area contributed by atoms with Crippen LogP contribution in [0, 0.1) is 25.7 Å². The van der Waals surface area contributed by atoms with E-state index >= 15 is 0 Å². The average Bonchev–Trinajstić information content (AvgIpc) is 3.63. The third-order valence-corrected chi connectivity index (χ3v) is 8.81. The van der Waals surface area contributed by atoms with Gasteiger partial charge in [-0.25, -0.2) is 4.98 Å². The molecule has 0 amide bonds. The summed E-state index contributed by atoms with van der Waals surface area (Å²) in [6.45, 7) is 13.8. The first-order chi connectivity index (χ1) is 22.2. The fraction of sp³-hybridized carbons (Fsp3) is 0.342. The molecule has 236 valence electrons. The molecule has 1 aliphatic heterocycles. The molecular formula is C38H43N7O. The van der Waals surface area contributed by atoms with Gasteiger partial charge in [0.25, 0.3) is 0 Å². The normalized spacial score (nSPS) is 14.3. The van der Waals surface area contributed by atoms with Crippen molar-refractivity contribution in [2.75, 3.05) is 38.5 Å². The van der Waals surface area contributed by atoms with Crippen LogP contribution in [0.15, 0.2) is 73.3 Å². The summed E-state index contributed by atoms with van der Waals surface area (Å²) in [5, 5.41) is 7.85. The van der Waals surface area contributed by atoms with Gasteiger partial charge < -0.3 is 10.2 Å². The maximum absolute atomic E-state index is 13.4. The topological polar surface area (TPSA) is 70.7 Å². The predicted molar refractivity (Wildman–Crippen MR) is 185 cm³/mol. The van der Waals surface area contributed by atoms with E-state index in [1.807, 2.05) is 64.9 Å². The van der Waals surface area contributed by atoms with Gasteiger partial charge in [-0.05, 0) is 101 Å². The van der Waals surface area contributed by atoms with Crippen LogP contribution in [0.3, 0.4) is 0 Å². The van der Waals surface area contributed by atoms with Gasteiger partial charge in [0.15, 0.2) is 11.4 Å². The Hall–Kier alpha value is -4.71. The first-order valence-corrected chi connectivity index (χ1v) is 16.2. The Bertz CT molecular complexity index is 1920. The monoisotopic (exact) mass is 613 g/mol. The third-order valence-electron chi connectivity index (χ3n) is 8.81. The van der Waals surface area contributed by atoms with Crippen LogP contribution in [0.2, 0.25) is 0 Å². The highest BCUT2D eigenvalue weighted by Crippen LogP contribution is 2.23. The summed E-state index contributed by atoms with van der Waals surface area (Å²) in [6.07, 6.45) is 9.12. The fourth-order valence-electron chi connectivity index (χ4n) is 5.93. The summed E-state index contributed by atoms with van der Waals surface area (Å²) in [4.78, 5) is 23.0. The van der Waals surface area contributed by atoms with Crippen LogP contribution in [-0.4, -0.2) is 68.0 Å². The lowest BCUT2D eigenvalue weighted by Crippen LogP contribution is -2.28. The molecule has 0 unspecified atom stereocenters. The van der Waals surface area contributed by atoms with Crippen molar-refractivity contribution in [3.05, 3.63) is 112 Å². The number of nitrogens with zero attached hydrogens (tertiary/aromatic N) is 6. The van der Waals surface area contributed by atoms with Crippen molar-refractivity contribution >= 4 is 22.8 Å². The molecule has 1 N–H and O–H groups in total. The lowest BCUT2D eigenvalue weighted by Gasteiger charge is -2.21. The van der Waals surface area contributed by atoms with Crippen molar-refractivity contribution in [1.29, 1.82) is 0 Å². The molecule has 1 aliphatic rings. The van der Waals surface area contributed by atoms with Gasteiger partial charge in [0.1, 0.15) is 5.69 Å². The van der Waals surface area contributed by atoms with Crippen molar-refractivity contribution in [2.24, 2.45) is 0 Å². The molecule has 0 spiro atoms. The zero-order valence-electron chi connectivity index (χ0n) is 27.5. The van der Waals surface area contributed by atoms with Gasteiger partial charge >= 0.3 is 0 Å². The number of likely N-dealkylation sites (N-methyl/N-ethyl adjacent to an activating group) is 1. The highest BCUT2D eigenvalue weighted by atomic mass is 16.1. The Morgan fingerprint density at radius 1 is 0.978 bits per heavy atom. The molecule has 0 atom stereocenters. The molecule has 4 heterocycles. The van der Waals surface area contributed by atoms with E-state index in [0.717, 1.165) is 72.1 Å². The van der Waals surface area contributed by atoms with Gasteiger partial charge in [-0.2, -0.15) is 5.10 Å². The van der Waals surface area contributed by atoms with Crippen LogP contribution in [0.1, 0.15) is 70.2 Å². The smallest absolute Gasteiger partial charge is 0.167 e. The van der Waals surface area contributed by atoms with E-state index in [0.29, 0.717) is 12.0 Å². The molecule has 1 fully saturated rings. The Morgan fingerprint density at radius 2 is 1.85 bits per heavy atom. The van der Waals surface area contributed by atoms with E-state index in [4.69, 9.17) is 0 Å².